The molecule has 3 aromatic rings. The summed E-state index contributed by atoms with van der Waals surface area (Å²) in [6, 6.07) is 8.16. The molecule has 0 atom stereocenters. The molecule has 0 aliphatic carbocycles. The lowest BCUT2D eigenvalue weighted by molar-refractivity contribution is -0.136. The van der Waals surface area contributed by atoms with Gasteiger partial charge in [-0.1, -0.05) is 35.0 Å². The number of carbonyl (C=O) groups is 1. The lowest BCUT2D eigenvalue weighted by atomic mass is 10.0. The first-order chi connectivity index (χ1) is 11.6. The second-order valence-electron chi connectivity index (χ2n) is 5.23. The number of nitrogens with zero attached hydrogens (tertiary/aromatic N) is 2. The molecule has 24 heavy (non-hydrogen) atoms. The van der Waals surface area contributed by atoms with Crippen LogP contribution in [-0.2, 0) is 11.2 Å². The lowest BCUT2D eigenvalue weighted by Crippen LogP contribution is -2.09. The maximum Gasteiger partial charge on any atom is 0.305 e. The summed E-state index contributed by atoms with van der Waals surface area (Å²) < 4.78 is 1.03. The predicted molar refractivity (Wildman–Crippen MR) is 101 cm³/mol. The SMILES string of the molecule is CCc1sc2ncnc(NCCC(=O)O)c2c1-c1ccc(Br)cc1. The Labute approximate surface area is 151 Å². The Morgan fingerprint density at radius 1 is 1.29 bits per heavy atom. The summed E-state index contributed by atoms with van der Waals surface area (Å²) in [6.07, 6.45) is 2.47. The fourth-order valence-electron chi connectivity index (χ4n) is 2.57. The quantitative estimate of drug-likeness (QED) is 0.627. The van der Waals surface area contributed by atoms with Crippen molar-refractivity contribution in [2.24, 2.45) is 0 Å². The molecule has 2 N–H and O–H groups in total. The molecule has 0 bridgehead atoms. The van der Waals surface area contributed by atoms with Crippen molar-refractivity contribution >= 4 is 49.3 Å². The minimum Gasteiger partial charge on any atom is -0.481 e. The molecule has 0 saturated carbocycles. The molecule has 7 heteroatoms. The third-order valence-electron chi connectivity index (χ3n) is 3.65. The van der Waals surface area contributed by atoms with Crippen LogP contribution in [0.5, 0.6) is 0 Å². The van der Waals surface area contributed by atoms with Crippen LogP contribution in [0.2, 0.25) is 0 Å². The third kappa shape index (κ3) is 3.42. The number of carboxylic acids is 1. The summed E-state index contributed by atoms with van der Waals surface area (Å²) in [5, 5.41) is 12.9. The third-order valence-corrected chi connectivity index (χ3v) is 5.42. The second kappa shape index (κ2) is 7.27. The van der Waals surface area contributed by atoms with Gasteiger partial charge in [0.05, 0.1) is 11.8 Å². The highest BCUT2D eigenvalue weighted by Gasteiger charge is 2.18. The van der Waals surface area contributed by atoms with E-state index in [0.29, 0.717) is 12.4 Å². The first kappa shape index (κ1) is 16.9. The number of rotatable bonds is 6. The number of hydrogen-bond donors (Lipinski definition) is 2. The number of nitrogens with one attached hydrogen (secondary N) is 1. The summed E-state index contributed by atoms with van der Waals surface area (Å²) >= 11 is 5.12. The zero-order valence-corrected chi connectivity index (χ0v) is 15.4. The predicted octanol–water partition coefficient (Wildman–Crippen LogP) is 4.57. The number of hydrogen-bond acceptors (Lipinski definition) is 5. The van der Waals surface area contributed by atoms with Crippen molar-refractivity contribution in [3.63, 3.8) is 0 Å². The molecule has 2 heterocycles. The largest absolute Gasteiger partial charge is 0.481 e. The molecule has 0 fully saturated rings. The fraction of sp³-hybridized carbons (Fsp3) is 0.235. The molecular formula is C17H16BrN3O2S. The highest BCUT2D eigenvalue weighted by molar-refractivity contribution is 9.10. The van der Waals surface area contributed by atoms with Crippen LogP contribution in [0.15, 0.2) is 35.1 Å². The van der Waals surface area contributed by atoms with E-state index in [1.54, 1.807) is 11.3 Å². The van der Waals surface area contributed by atoms with Gasteiger partial charge in [-0.25, -0.2) is 9.97 Å². The van der Waals surface area contributed by atoms with E-state index in [4.69, 9.17) is 5.11 Å². The number of aliphatic carboxylic acids is 1. The van der Waals surface area contributed by atoms with Crippen molar-refractivity contribution in [2.45, 2.75) is 19.8 Å². The standard InChI is InChI=1S/C17H16BrN3O2S/c1-2-12-14(10-3-5-11(18)6-4-10)15-16(19-8-7-13(22)23)20-9-21-17(15)24-12/h3-6,9H,2,7-8H2,1H3,(H,22,23)(H,19,20,21). The van der Waals surface area contributed by atoms with Gasteiger partial charge in [-0.05, 0) is 24.1 Å². The van der Waals surface area contributed by atoms with Crippen LogP contribution in [0.25, 0.3) is 21.3 Å². The first-order valence-electron chi connectivity index (χ1n) is 7.58. The highest BCUT2D eigenvalue weighted by atomic mass is 79.9. The Bertz CT molecular complexity index is 877. The average molecular weight is 406 g/mol. The highest BCUT2D eigenvalue weighted by Crippen LogP contribution is 2.41. The van der Waals surface area contributed by atoms with Crippen molar-refractivity contribution in [2.75, 3.05) is 11.9 Å². The Hall–Kier alpha value is -1.99. The molecule has 0 aliphatic heterocycles. The van der Waals surface area contributed by atoms with Gasteiger partial charge in [0, 0.05) is 21.5 Å². The van der Waals surface area contributed by atoms with Crippen LogP contribution in [0, 0.1) is 0 Å². The number of carboxylic acid groups (broad SMARTS) is 1. The lowest BCUT2D eigenvalue weighted by Gasteiger charge is -2.08. The summed E-state index contributed by atoms with van der Waals surface area (Å²) in [7, 11) is 0. The van der Waals surface area contributed by atoms with E-state index in [-0.39, 0.29) is 6.42 Å². The molecule has 0 aliphatic rings. The molecule has 0 spiro atoms. The van der Waals surface area contributed by atoms with Gasteiger partial charge in [-0.2, -0.15) is 0 Å². The minimum atomic E-state index is -0.833. The van der Waals surface area contributed by atoms with Crippen LogP contribution in [0.3, 0.4) is 0 Å². The summed E-state index contributed by atoms with van der Waals surface area (Å²) in [6.45, 7) is 2.45. The van der Waals surface area contributed by atoms with Crippen LogP contribution >= 0.6 is 27.3 Å². The molecular weight excluding hydrogens is 390 g/mol. The van der Waals surface area contributed by atoms with Crippen molar-refractivity contribution in [3.05, 3.63) is 39.9 Å². The van der Waals surface area contributed by atoms with Crippen molar-refractivity contribution < 1.29 is 9.90 Å². The number of thiophene rings is 1. The smallest absolute Gasteiger partial charge is 0.305 e. The molecule has 1 aromatic carbocycles. The van der Waals surface area contributed by atoms with Crippen LogP contribution < -0.4 is 5.32 Å². The van der Waals surface area contributed by atoms with Crippen LogP contribution in [0.1, 0.15) is 18.2 Å². The Morgan fingerprint density at radius 2 is 2.04 bits per heavy atom. The summed E-state index contributed by atoms with van der Waals surface area (Å²) in [5.74, 6) is -0.143. The van der Waals surface area contributed by atoms with E-state index in [0.717, 1.165) is 32.2 Å². The minimum absolute atomic E-state index is 0.0455. The maximum absolute atomic E-state index is 10.7. The number of halogens is 1. The fourth-order valence-corrected chi connectivity index (χ4v) is 3.94. The zero-order chi connectivity index (χ0) is 17.1. The van der Waals surface area contributed by atoms with Gasteiger partial charge in [0.1, 0.15) is 17.0 Å². The van der Waals surface area contributed by atoms with Crippen LogP contribution in [-0.4, -0.2) is 27.6 Å². The van der Waals surface area contributed by atoms with Gasteiger partial charge in [0.25, 0.3) is 0 Å². The maximum atomic E-state index is 10.7. The van der Waals surface area contributed by atoms with E-state index in [1.807, 2.05) is 12.1 Å². The first-order valence-corrected chi connectivity index (χ1v) is 9.19. The number of fused-ring (bicyclic) bond motifs is 1. The van der Waals surface area contributed by atoms with Gasteiger partial charge in [0.15, 0.2) is 0 Å². The molecule has 0 saturated heterocycles. The van der Waals surface area contributed by atoms with Gasteiger partial charge in [0.2, 0.25) is 0 Å². The van der Waals surface area contributed by atoms with Gasteiger partial charge >= 0.3 is 5.97 Å². The van der Waals surface area contributed by atoms with Crippen LogP contribution in [0.4, 0.5) is 5.82 Å². The Balaban J connectivity index is 2.11. The van der Waals surface area contributed by atoms with E-state index in [1.165, 1.54) is 11.2 Å². The molecule has 124 valence electrons. The average Bonchev–Trinajstić information content (AvgIpc) is 2.95. The Morgan fingerprint density at radius 3 is 2.71 bits per heavy atom. The van der Waals surface area contributed by atoms with E-state index >= 15 is 0 Å². The van der Waals surface area contributed by atoms with Gasteiger partial charge in [-0.15, -0.1) is 11.3 Å². The topological polar surface area (TPSA) is 75.1 Å². The summed E-state index contributed by atoms with van der Waals surface area (Å²) in [4.78, 5) is 21.6. The van der Waals surface area contributed by atoms with E-state index in [2.05, 4.69) is 50.3 Å². The van der Waals surface area contributed by atoms with Crippen molar-refractivity contribution in [1.82, 2.24) is 9.97 Å². The number of aromatic nitrogens is 2. The molecule has 0 radical (unpaired) electrons. The number of benzene rings is 1. The number of aryl methyl sites for hydroxylation is 1. The number of anilines is 1. The van der Waals surface area contributed by atoms with Crippen molar-refractivity contribution in [3.8, 4) is 11.1 Å². The van der Waals surface area contributed by atoms with E-state index in [9.17, 15) is 4.79 Å². The zero-order valence-electron chi connectivity index (χ0n) is 13.0. The Kier molecular flexibility index (Phi) is 5.11. The van der Waals surface area contributed by atoms with Gasteiger partial charge in [-0.3, -0.25) is 4.79 Å². The van der Waals surface area contributed by atoms with Crippen molar-refractivity contribution in [1.29, 1.82) is 0 Å². The normalized spacial score (nSPS) is 10.9. The van der Waals surface area contributed by atoms with Gasteiger partial charge < -0.3 is 10.4 Å². The molecule has 0 unspecified atom stereocenters. The summed E-state index contributed by atoms with van der Waals surface area (Å²) in [5.41, 5.74) is 2.24. The molecule has 5 nitrogen and oxygen atoms in total. The second-order valence-corrected chi connectivity index (χ2v) is 7.23. The molecule has 3 rings (SSSR count). The molecule has 2 aromatic heterocycles. The molecule has 0 amide bonds. The van der Waals surface area contributed by atoms with E-state index < -0.39 is 5.97 Å². The monoisotopic (exact) mass is 405 g/mol.